The highest BCUT2D eigenvalue weighted by Gasteiger charge is 2.14. The average Bonchev–Trinajstić information content (AvgIpc) is 3.12. The first kappa shape index (κ1) is 33.2. The molecular formula is C37H26N4O8. The number of para-hydroxylation sites is 2. The van der Waals surface area contributed by atoms with Crippen LogP contribution in [0.5, 0.6) is 11.5 Å². The van der Waals surface area contributed by atoms with Crippen molar-refractivity contribution in [3.8, 4) is 11.5 Å². The first-order valence-corrected chi connectivity index (χ1v) is 14.6. The van der Waals surface area contributed by atoms with Crippen molar-refractivity contribution in [1.29, 1.82) is 0 Å². The van der Waals surface area contributed by atoms with Crippen LogP contribution in [-0.4, -0.2) is 34.9 Å². The van der Waals surface area contributed by atoms with Gasteiger partial charge in [0.2, 0.25) is 0 Å². The highest BCUT2D eigenvalue weighted by atomic mass is 16.6. The average molecular weight is 655 g/mol. The number of benzene rings is 5. The highest BCUT2D eigenvalue weighted by Crippen LogP contribution is 2.22. The topological polar surface area (TPSA) is 166 Å². The summed E-state index contributed by atoms with van der Waals surface area (Å²) in [6.45, 7) is 0. The Morgan fingerprint density at radius 3 is 1.88 bits per heavy atom. The SMILES string of the molecule is O=C(/C=C/c1ccccc1OC(=O)c1ccc([N+](=O)[O-])cc1)Oc1ccccc1/C=N/NC(=O)c1ccc(NC(=O)c2ccccc2)cc1. The van der Waals surface area contributed by atoms with Crippen molar-refractivity contribution < 1.29 is 33.6 Å². The summed E-state index contributed by atoms with van der Waals surface area (Å²) >= 11 is 0. The van der Waals surface area contributed by atoms with Crippen molar-refractivity contribution in [2.75, 3.05) is 5.32 Å². The molecule has 0 aliphatic heterocycles. The molecule has 12 nitrogen and oxygen atoms in total. The molecule has 0 atom stereocenters. The fourth-order valence-electron chi connectivity index (χ4n) is 4.29. The van der Waals surface area contributed by atoms with E-state index in [1.807, 2.05) is 6.07 Å². The van der Waals surface area contributed by atoms with Crippen LogP contribution in [0.3, 0.4) is 0 Å². The van der Waals surface area contributed by atoms with Gasteiger partial charge >= 0.3 is 11.9 Å². The Balaban J connectivity index is 1.17. The zero-order chi connectivity index (χ0) is 34.6. The summed E-state index contributed by atoms with van der Waals surface area (Å²) in [7, 11) is 0. The second-order valence-electron chi connectivity index (χ2n) is 10.1. The second kappa shape index (κ2) is 15.9. The van der Waals surface area contributed by atoms with Crippen LogP contribution in [0.25, 0.3) is 6.08 Å². The predicted molar refractivity (Wildman–Crippen MR) is 182 cm³/mol. The molecule has 2 amide bonds. The first-order chi connectivity index (χ1) is 23.8. The van der Waals surface area contributed by atoms with Crippen molar-refractivity contribution >= 4 is 47.4 Å². The predicted octanol–water partition coefficient (Wildman–Crippen LogP) is 6.45. The maximum Gasteiger partial charge on any atom is 0.343 e. The Bertz CT molecular complexity index is 2060. The van der Waals surface area contributed by atoms with Crippen LogP contribution < -0.4 is 20.2 Å². The smallest absolute Gasteiger partial charge is 0.343 e. The van der Waals surface area contributed by atoms with Crippen molar-refractivity contribution in [2.24, 2.45) is 5.10 Å². The number of hydrogen-bond acceptors (Lipinski definition) is 9. The summed E-state index contributed by atoms with van der Waals surface area (Å²) in [5.74, 6) is -1.91. The number of hydrazone groups is 1. The van der Waals surface area contributed by atoms with E-state index >= 15 is 0 Å². The van der Waals surface area contributed by atoms with E-state index in [1.165, 1.54) is 42.6 Å². The van der Waals surface area contributed by atoms with Crippen molar-refractivity contribution in [1.82, 2.24) is 5.43 Å². The molecule has 0 fully saturated rings. The quantitative estimate of drug-likeness (QED) is 0.0409. The van der Waals surface area contributed by atoms with E-state index in [0.29, 0.717) is 27.9 Å². The van der Waals surface area contributed by atoms with Crippen LogP contribution in [0.1, 0.15) is 42.2 Å². The molecule has 2 N–H and O–H groups in total. The maximum absolute atomic E-state index is 12.7. The van der Waals surface area contributed by atoms with Crippen LogP contribution in [0, 0.1) is 10.1 Å². The standard InChI is InChI=1S/C37H26N4O8/c42-34(23-18-25-8-4-6-12-32(25)49-37(45)28-16-21-31(22-17-28)41(46)47)48-33-13-7-5-11-29(33)24-38-40-36(44)27-14-19-30(20-15-27)39-35(43)26-9-2-1-3-10-26/h1-24H,(H,39,43)(H,40,44)/b23-18+,38-24+. The number of carbonyl (C=O) groups is 4. The molecule has 0 spiro atoms. The monoisotopic (exact) mass is 654 g/mol. The van der Waals surface area contributed by atoms with E-state index in [-0.39, 0.29) is 28.7 Å². The van der Waals surface area contributed by atoms with Crippen LogP contribution >= 0.6 is 0 Å². The number of amides is 2. The summed E-state index contributed by atoms with van der Waals surface area (Å²) in [6, 6.07) is 33.0. The van der Waals surface area contributed by atoms with E-state index in [9.17, 15) is 29.3 Å². The third kappa shape index (κ3) is 9.17. The summed E-state index contributed by atoms with van der Waals surface area (Å²) in [4.78, 5) is 60.6. The third-order valence-electron chi connectivity index (χ3n) is 6.77. The van der Waals surface area contributed by atoms with Gasteiger partial charge in [-0.25, -0.2) is 15.0 Å². The minimum Gasteiger partial charge on any atom is -0.423 e. The second-order valence-corrected chi connectivity index (χ2v) is 10.1. The van der Waals surface area contributed by atoms with Crippen LogP contribution in [-0.2, 0) is 4.79 Å². The molecule has 5 aromatic carbocycles. The van der Waals surface area contributed by atoms with Gasteiger partial charge < -0.3 is 14.8 Å². The number of non-ortho nitro benzene ring substituents is 1. The molecule has 0 radical (unpaired) electrons. The molecule has 0 saturated heterocycles. The number of rotatable bonds is 11. The maximum atomic E-state index is 12.7. The Morgan fingerprint density at radius 2 is 1.20 bits per heavy atom. The Labute approximate surface area is 279 Å². The molecule has 242 valence electrons. The van der Waals surface area contributed by atoms with Crippen molar-refractivity contribution in [3.63, 3.8) is 0 Å². The zero-order valence-electron chi connectivity index (χ0n) is 25.5. The van der Waals surface area contributed by atoms with Gasteiger partial charge in [0.05, 0.1) is 16.7 Å². The summed E-state index contributed by atoms with van der Waals surface area (Å²) < 4.78 is 10.9. The Hall–Kier alpha value is -7.21. The molecule has 0 aromatic heterocycles. The van der Waals surface area contributed by atoms with Crippen molar-refractivity contribution in [2.45, 2.75) is 0 Å². The third-order valence-corrected chi connectivity index (χ3v) is 6.77. The number of esters is 2. The molecule has 0 aliphatic carbocycles. The molecule has 0 aliphatic rings. The van der Waals surface area contributed by atoms with Gasteiger partial charge in [-0.3, -0.25) is 19.7 Å². The highest BCUT2D eigenvalue weighted by molar-refractivity contribution is 6.04. The summed E-state index contributed by atoms with van der Waals surface area (Å²) in [5.41, 5.74) is 4.50. The Kier molecular flexibility index (Phi) is 10.7. The van der Waals surface area contributed by atoms with E-state index in [1.54, 1.807) is 91.0 Å². The number of ether oxygens (including phenoxy) is 2. The first-order valence-electron chi connectivity index (χ1n) is 14.6. The molecular weight excluding hydrogens is 628 g/mol. The molecule has 49 heavy (non-hydrogen) atoms. The minimum absolute atomic E-state index is 0.112. The minimum atomic E-state index is -0.735. The lowest BCUT2D eigenvalue weighted by molar-refractivity contribution is -0.384. The van der Waals surface area contributed by atoms with Crippen LogP contribution in [0.4, 0.5) is 11.4 Å². The van der Waals surface area contributed by atoms with E-state index in [0.717, 1.165) is 6.08 Å². The molecule has 12 heteroatoms. The molecule has 0 heterocycles. The molecule has 5 aromatic rings. The lowest BCUT2D eigenvalue weighted by Gasteiger charge is -2.08. The number of anilines is 1. The number of carbonyl (C=O) groups excluding carboxylic acids is 4. The fraction of sp³-hybridized carbons (Fsp3) is 0. The molecule has 0 saturated carbocycles. The number of nitro benzene ring substituents is 1. The normalized spacial score (nSPS) is 10.8. The summed E-state index contributed by atoms with van der Waals surface area (Å²) in [6.07, 6.45) is 3.89. The van der Waals surface area contributed by atoms with Crippen LogP contribution in [0.15, 0.2) is 139 Å². The number of nitrogens with zero attached hydrogens (tertiary/aromatic N) is 2. The van der Waals surface area contributed by atoms with Gasteiger partial charge in [0, 0.05) is 46.1 Å². The van der Waals surface area contributed by atoms with Gasteiger partial charge in [0.1, 0.15) is 11.5 Å². The lowest BCUT2D eigenvalue weighted by atomic mass is 10.1. The number of nitro groups is 1. The van der Waals surface area contributed by atoms with Crippen molar-refractivity contribution in [3.05, 3.63) is 171 Å². The summed E-state index contributed by atoms with van der Waals surface area (Å²) in [5, 5.41) is 17.6. The number of hydrogen-bond donors (Lipinski definition) is 2. The fourth-order valence-corrected chi connectivity index (χ4v) is 4.29. The van der Waals surface area contributed by atoms with E-state index in [2.05, 4.69) is 15.8 Å². The van der Waals surface area contributed by atoms with Crippen LogP contribution in [0.2, 0.25) is 0 Å². The molecule has 5 rings (SSSR count). The van der Waals surface area contributed by atoms with Gasteiger partial charge in [-0.1, -0.05) is 48.5 Å². The molecule has 0 unspecified atom stereocenters. The van der Waals surface area contributed by atoms with Gasteiger partial charge in [0.25, 0.3) is 17.5 Å². The zero-order valence-corrected chi connectivity index (χ0v) is 25.5. The largest absolute Gasteiger partial charge is 0.423 e. The van der Waals surface area contributed by atoms with E-state index < -0.39 is 22.8 Å². The van der Waals surface area contributed by atoms with Gasteiger partial charge in [-0.05, 0) is 72.8 Å². The van der Waals surface area contributed by atoms with E-state index in [4.69, 9.17) is 9.47 Å². The van der Waals surface area contributed by atoms with Gasteiger partial charge in [-0.15, -0.1) is 0 Å². The van der Waals surface area contributed by atoms with Gasteiger partial charge in [0.15, 0.2) is 0 Å². The van der Waals surface area contributed by atoms with Gasteiger partial charge in [-0.2, -0.15) is 5.10 Å². The molecule has 0 bridgehead atoms. The Morgan fingerprint density at radius 1 is 0.633 bits per heavy atom. The number of nitrogens with one attached hydrogen (secondary N) is 2. The lowest BCUT2D eigenvalue weighted by Crippen LogP contribution is -2.18.